The first-order chi connectivity index (χ1) is 7.99. The third-order valence-corrected chi connectivity index (χ3v) is 5.48. The first-order valence-electron chi connectivity index (χ1n) is 5.74. The Morgan fingerprint density at radius 1 is 1.29 bits per heavy atom. The molecule has 0 radical (unpaired) electrons. The highest BCUT2D eigenvalue weighted by atomic mass is 32.2. The van der Waals surface area contributed by atoms with Crippen molar-refractivity contribution in [1.29, 1.82) is 0 Å². The molecule has 0 aromatic heterocycles. The second-order valence-electron chi connectivity index (χ2n) is 4.56. The molecule has 0 spiro atoms. The minimum absolute atomic E-state index is 0.0796. The van der Waals surface area contributed by atoms with Gasteiger partial charge in [-0.2, -0.15) is 0 Å². The lowest BCUT2D eigenvalue weighted by molar-refractivity contribution is 0.578. The van der Waals surface area contributed by atoms with Crippen molar-refractivity contribution in [3.63, 3.8) is 0 Å². The highest BCUT2D eigenvalue weighted by Gasteiger charge is 2.29. The maximum Gasteiger partial charge on any atom is 0.157 e. The highest BCUT2D eigenvalue weighted by Crippen LogP contribution is 2.28. The smallest absolute Gasteiger partial charge is 0.157 e. The SMILES string of the molecule is Nc1cc(F)ccc1CS(=O)(=O)C1CCCC1. The molecular formula is C12H16FNO2S. The molecule has 2 rings (SSSR count). The standard InChI is InChI=1S/C12H16FNO2S/c13-10-6-5-9(12(14)7-10)8-17(15,16)11-3-1-2-4-11/h5-7,11H,1-4,8,14H2. The van der Waals surface area contributed by atoms with E-state index in [4.69, 9.17) is 5.73 Å². The van der Waals surface area contributed by atoms with Crippen LogP contribution in [0.1, 0.15) is 31.2 Å². The van der Waals surface area contributed by atoms with Gasteiger partial charge in [0.2, 0.25) is 0 Å². The van der Waals surface area contributed by atoms with E-state index in [-0.39, 0.29) is 16.7 Å². The molecule has 1 aliphatic rings. The van der Waals surface area contributed by atoms with E-state index in [0.29, 0.717) is 5.56 Å². The van der Waals surface area contributed by atoms with Crippen molar-refractivity contribution >= 4 is 15.5 Å². The summed E-state index contributed by atoms with van der Waals surface area (Å²) in [7, 11) is -3.15. The number of nitrogen functional groups attached to an aromatic ring is 1. The Balaban J connectivity index is 2.19. The summed E-state index contributed by atoms with van der Waals surface area (Å²) in [5.41, 5.74) is 6.34. The number of anilines is 1. The molecule has 0 atom stereocenters. The Bertz CT molecular complexity index is 507. The Morgan fingerprint density at radius 3 is 2.53 bits per heavy atom. The Labute approximate surface area is 101 Å². The number of sulfone groups is 1. The van der Waals surface area contributed by atoms with Crippen molar-refractivity contribution in [3.8, 4) is 0 Å². The molecule has 1 aromatic rings. The van der Waals surface area contributed by atoms with Crippen LogP contribution in [0.25, 0.3) is 0 Å². The fraction of sp³-hybridized carbons (Fsp3) is 0.500. The normalized spacial score (nSPS) is 17.5. The summed E-state index contributed by atoms with van der Waals surface area (Å²) in [6.07, 6.45) is 3.43. The van der Waals surface area contributed by atoms with Crippen LogP contribution >= 0.6 is 0 Å². The van der Waals surface area contributed by atoms with Crippen molar-refractivity contribution in [2.75, 3.05) is 5.73 Å². The van der Waals surface area contributed by atoms with Gasteiger partial charge in [0.05, 0.1) is 11.0 Å². The predicted molar refractivity (Wildman–Crippen MR) is 65.7 cm³/mol. The molecule has 1 saturated carbocycles. The van der Waals surface area contributed by atoms with Crippen molar-refractivity contribution in [3.05, 3.63) is 29.6 Å². The van der Waals surface area contributed by atoms with Crippen LogP contribution in [0.3, 0.4) is 0 Å². The van der Waals surface area contributed by atoms with Crippen LogP contribution < -0.4 is 5.73 Å². The quantitative estimate of drug-likeness (QED) is 0.845. The predicted octanol–water partition coefficient (Wildman–Crippen LogP) is 2.27. The zero-order valence-corrected chi connectivity index (χ0v) is 10.3. The summed E-state index contributed by atoms with van der Waals surface area (Å²) >= 11 is 0. The number of hydrogen-bond acceptors (Lipinski definition) is 3. The molecule has 1 fully saturated rings. The first-order valence-corrected chi connectivity index (χ1v) is 7.46. The molecule has 0 bridgehead atoms. The third-order valence-electron chi connectivity index (χ3n) is 3.27. The number of nitrogens with two attached hydrogens (primary N) is 1. The number of hydrogen-bond donors (Lipinski definition) is 1. The highest BCUT2D eigenvalue weighted by molar-refractivity contribution is 7.91. The monoisotopic (exact) mass is 257 g/mol. The van der Waals surface area contributed by atoms with Gasteiger partial charge in [-0.05, 0) is 30.5 Å². The van der Waals surface area contributed by atoms with Gasteiger partial charge in [0.25, 0.3) is 0 Å². The molecular weight excluding hydrogens is 241 g/mol. The topological polar surface area (TPSA) is 60.2 Å². The summed E-state index contributed by atoms with van der Waals surface area (Å²) in [6, 6.07) is 3.87. The largest absolute Gasteiger partial charge is 0.398 e. The van der Waals surface area contributed by atoms with Crippen LogP contribution in [0.5, 0.6) is 0 Å². The van der Waals surface area contributed by atoms with Crippen LogP contribution in [0, 0.1) is 5.82 Å². The van der Waals surface area contributed by atoms with Crippen molar-refractivity contribution < 1.29 is 12.8 Å². The molecule has 17 heavy (non-hydrogen) atoms. The molecule has 0 aliphatic heterocycles. The summed E-state index contributed by atoms with van der Waals surface area (Å²) in [4.78, 5) is 0. The minimum atomic E-state index is -3.15. The zero-order chi connectivity index (χ0) is 12.5. The average Bonchev–Trinajstić information content (AvgIpc) is 2.76. The van der Waals surface area contributed by atoms with E-state index < -0.39 is 15.7 Å². The Hall–Kier alpha value is -1.10. The summed E-state index contributed by atoms with van der Waals surface area (Å²) in [6.45, 7) is 0. The summed E-state index contributed by atoms with van der Waals surface area (Å²) < 4.78 is 37.0. The van der Waals surface area contributed by atoms with Gasteiger partial charge in [-0.15, -0.1) is 0 Å². The average molecular weight is 257 g/mol. The number of halogens is 1. The van der Waals surface area contributed by atoms with Crippen LogP contribution in [-0.4, -0.2) is 13.7 Å². The maximum atomic E-state index is 12.9. The van der Waals surface area contributed by atoms with Gasteiger partial charge in [0.1, 0.15) is 5.82 Å². The molecule has 2 N–H and O–H groups in total. The molecule has 1 aliphatic carbocycles. The van der Waals surface area contributed by atoms with Gasteiger partial charge in [0.15, 0.2) is 9.84 Å². The molecule has 3 nitrogen and oxygen atoms in total. The van der Waals surface area contributed by atoms with Gasteiger partial charge in [-0.1, -0.05) is 18.9 Å². The van der Waals surface area contributed by atoms with E-state index in [2.05, 4.69) is 0 Å². The summed E-state index contributed by atoms with van der Waals surface area (Å²) in [5.74, 6) is -0.520. The van der Waals surface area contributed by atoms with E-state index in [1.54, 1.807) is 0 Å². The number of rotatable bonds is 3. The van der Waals surface area contributed by atoms with Crippen LogP contribution in [0.15, 0.2) is 18.2 Å². The van der Waals surface area contributed by atoms with Crippen LogP contribution in [0.2, 0.25) is 0 Å². The van der Waals surface area contributed by atoms with Gasteiger partial charge < -0.3 is 5.73 Å². The molecule has 5 heteroatoms. The van der Waals surface area contributed by atoms with Crippen LogP contribution in [-0.2, 0) is 15.6 Å². The molecule has 0 heterocycles. The van der Waals surface area contributed by atoms with Crippen molar-refractivity contribution in [1.82, 2.24) is 0 Å². The molecule has 94 valence electrons. The minimum Gasteiger partial charge on any atom is -0.398 e. The second kappa shape index (κ2) is 4.64. The van der Waals surface area contributed by atoms with Crippen molar-refractivity contribution in [2.45, 2.75) is 36.7 Å². The summed E-state index contributed by atoms with van der Waals surface area (Å²) in [5, 5.41) is -0.244. The lowest BCUT2D eigenvalue weighted by atomic mass is 10.2. The maximum absolute atomic E-state index is 12.9. The van der Waals surface area contributed by atoms with Gasteiger partial charge >= 0.3 is 0 Å². The van der Waals surface area contributed by atoms with Crippen LogP contribution in [0.4, 0.5) is 10.1 Å². The first kappa shape index (κ1) is 12.4. The van der Waals surface area contributed by atoms with E-state index in [1.165, 1.54) is 18.2 Å². The fourth-order valence-electron chi connectivity index (χ4n) is 2.28. The zero-order valence-electron chi connectivity index (χ0n) is 9.52. The lowest BCUT2D eigenvalue weighted by Gasteiger charge is -2.12. The second-order valence-corrected chi connectivity index (χ2v) is 6.84. The van der Waals surface area contributed by atoms with Gasteiger partial charge in [-0.3, -0.25) is 0 Å². The van der Waals surface area contributed by atoms with E-state index in [0.717, 1.165) is 25.7 Å². The molecule has 0 saturated heterocycles. The van der Waals surface area contributed by atoms with Gasteiger partial charge in [-0.25, -0.2) is 12.8 Å². The Kier molecular flexibility index (Phi) is 3.38. The number of benzene rings is 1. The van der Waals surface area contributed by atoms with E-state index >= 15 is 0 Å². The van der Waals surface area contributed by atoms with E-state index in [9.17, 15) is 12.8 Å². The molecule has 1 aromatic carbocycles. The van der Waals surface area contributed by atoms with E-state index in [1.807, 2.05) is 0 Å². The van der Waals surface area contributed by atoms with Crippen molar-refractivity contribution in [2.24, 2.45) is 0 Å². The van der Waals surface area contributed by atoms with Gasteiger partial charge in [0, 0.05) is 5.69 Å². The molecule has 0 unspecified atom stereocenters. The third kappa shape index (κ3) is 2.77. The Morgan fingerprint density at radius 2 is 1.94 bits per heavy atom. The molecule has 0 amide bonds. The lowest BCUT2D eigenvalue weighted by Crippen LogP contribution is -2.20. The fourth-order valence-corrected chi connectivity index (χ4v) is 4.26.